The lowest BCUT2D eigenvalue weighted by atomic mass is 10.1. The summed E-state index contributed by atoms with van der Waals surface area (Å²) in [5.41, 5.74) is 8.40. The normalized spacial score (nSPS) is 10.0. The fourth-order valence-corrected chi connectivity index (χ4v) is 2.52. The first-order chi connectivity index (χ1) is 13.7. The number of para-hydroxylation sites is 1. The van der Waals surface area contributed by atoms with Crippen molar-refractivity contribution < 1.29 is 14.3 Å². The van der Waals surface area contributed by atoms with Crippen molar-refractivity contribution in [3.05, 3.63) is 102 Å². The summed E-state index contributed by atoms with van der Waals surface area (Å²) in [5, 5.41) is 0. The second-order valence-electron chi connectivity index (χ2n) is 6.09. The average Bonchev–Trinajstić information content (AvgIpc) is 2.77. The number of amides is 1. The molecule has 0 aliphatic carbocycles. The first-order valence-corrected chi connectivity index (χ1v) is 8.82. The number of methoxy groups -OCH3 is 1. The van der Waals surface area contributed by atoms with E-state index in [4.69, 9.17) is 9.47 Å². The molecule has 1 amide bonds. The third-order valence-corrected chi connectivity index (χ3v) is 4.11. The zero-order valence-corrected chi connectivity index (χ0v) is 15.6. The number of hydrogen-bond acceptors (Lipinski definition) is 4. The summed E-state index contributed by atoms with van der Waals surface area (Å²) < 4.78 is 10.9. The van der Waals surface area contributed by atoms with Crippen molar-refractivity contribution in [3.63, 3.8) is 0 Å². The van der Waals surface area contributed by atoms with Gasteiger partial charge in [0.25, 0.3) is 5.91 Å². The second kappa shape index (κ2) is 9.28. The number of nitrogens with one attached hydrogen (secondary N) is 2. The molecule has 0 radical (unpaired) electrons. The highest BCUT2D eigenvalue weighted by Crippen LogP contribution is 2.17. The van der Waals surface area contributed by atoms with Crippen molar-refractivity contribution >= 4 is 11.6 Å². The Morgan fingerprint density at radius 1 is 0.857 bits per heavy atom. The van der Waals surface area contributed by atoms with Crippen LogP contribution in [0.15, 0.2) is 85.4 Å². The van der Waals surface area contributed by atoms with Crippen LogP contribution in [0, 0.1) is 0 Å². The first kappa shape index (κ1) is 19.0. The zero-order valence-electron chi connectivity index (χ0n) is 15.6. The number of benzene rings is 3. The maximum atomic E-state index is 12.3. The van der Waals surface area contributed by atoms with Crippen LogP contribution in [-0.4, -0.2) is 13.0 Å². The Hall–Kier alpha value is -3.73. The minimum Gasteiger partial charge on any atom is -0.497 e. The summed E-state index contributed by atoms with van der Waals surface area (Å²) in [7, 11) is 1.60. The number of ether oxygens (including phenoxy) is 2. The Balaban J connectivity index is 1.52. The largest absolute Gasteiger partial charge is 0.497 e. The second-order valence-corrected chi connectivity index (χ2v) is 6.09. The highest BCUT2D eigenvalue weighted by Gasteiger charge is 2.07. The van der Waals surface area contributed by atoms with Crippen LogP contribution in [0.25, 0.3) is 5.70 Å². The van der Waals surface area contributed by atoms with Gasteiger partial charge in [-0.1, -0.05) is 49.0 Å². The summed E-state index contributed by atoms with van der Waals surface area (Å²) in [5.74, 6) is 1.28. The van der Waals surface area contributed by atoms with Gasteiger partial charge in [-0.2, -0.15) is 0 Å². The van der Waals surface area contributed by atoms with Crippen LogP contribution >= 0.6 is 0 Å². The topological polar surface area (TPSA) is 59.6 Å². The zero-order chi connectivity index (χ0) is 19.8. The third kappa shape index (κ3) is 5.14. The Labute approximate surface area is 164 Å². The lowest BCUT2D eigenvalue weighted by molar-refractivity contribution is 0.0942. The number of hydrazine groups is 1. The van der Waals surface area contributed by atoms with Gasteiger partial charge in [0.1, 0.15) is 18.1 Å². The van der Waals surface area contributed by atoms with Gasteiger partial charge in [0.2, 0.25) is 0 Å². The standard InChI is InChI=1S/C23H22N2O3/c1-17(20-7-6-10-22(15-20)27-2)24-25-23(26)19-13-11-18(12-14-19)16-28-21-8-4-3-5-9-21/h3-15,24H,1,16H2,2H3,(H,25,26). The quantitative estimate of drug-likeness (QED) is 0.581. The molecule has 0 aromatic heterocycles. The number of carbonyl (C=O) groups is 1. The fourth-order valence-electron chi connectivity index (χ4n) is 2.52. The van der Waals surface area contributed by atoms with Crippen molar-refractivity contribution in [2.45, 2.75) is 6.61 Å². The Bertz CT molecular complexity index is 938. The predicted molar refractivity (Wildman–Crippen MR) is 110 cm³/mol. The van der Waals surface area contributed by atoms with Gasteiger partial charge in [0.15, 0.2) is 0 Å². The average molecular weight is 374 g/mol. The van der Waals surface area contributed by atoms with Crippen LogP contribution in [0.2, 0.25) is 0 Å². The van der Waals surface area contributed by atoms with Gasteiger partial charge >= 0.3 is 0 Å². The Morgan fingerprint density at radius 2 is 1.57 bits per heavy atom. The summed E-state index contributed by atoms with van der Waals surface area (Å²) in [6.45, 7) is 4.38. The van der Waals surface area contributed by atoms with Gasteiger partial charge in [-0.3, -0.25) is 15.6 Å². The van der Waals surface area contributed by atoms with Crippen molar-refractivity contribution in [3.8, 4) is 11.5 Å². The minimum atomic E-state index is -0.250. The molecule has 142 valence electrons. The van der Waals surface area contributed by atoms with Gasteiger partial charge in [0.05, 0.1) is 12.8 Å². The molecule has 0 saturated heterocycles. The summed E-state index contributed by atoms with van der Waals surface area (Å²) in [4.78, 5) is 12.3. The number of hydrogen-bond donors (Lipinski definition) is 2. The van der Waals surface area contributed by atoms with Crippen molar-refractivity contribution in [1.29, 1.82) is 0 Å². The molecule has 0 bridgehead atoms. The van der Waals surface area contributed by atoms with Crippen molar-refractivity contribution in [1.82, 2.24) is 10.9 Å². The molecule has 28 heavy (non-hydrogen) atoms. The van der Waals surface area contributed by atoms with Crippen LogP contribution in [0.5, 0.6) is 11.5 Å². The van der Waals surface area contributed by atoms with Crippen LogP contribution in [0.1, 0.15) is 21.5 Å². The van der Waals surface area contributed by atoms with E-state index in [-0.39, 0.29) is 5.91 Å². The van der Waals surface area contributed by atoms with Crippen molar-refractivity contribution in [2.75, 3.05) is 7.11 Å². The van der Waals surface area contributed by atoms with Gasteiger partial charge in [-0.25, -0.2) is 0 Å². The van der Waals surface area contributed by atoms with Crippen LogP contribution < -0.4 is 20.3 Å². The summed E-state index contributed by atoms with van der Waals surface area (Å²) in [6, 6.07) is 24.3. The molecule has 0 aliphatic heterocycles. The van der Waals surface area contributed by atoms with Gasteiger partial charge < -0.3 is 9.47 Å². The molecule has 0 fully saturated rings. The lowest BCUT2D eigenvalue weighted by Crippen LogP contribution is -2.35. The van der Waals surface area contributed by atoms with E-state index in [0.29, 0.717) is 17.9 Å². The molecule has 5 nitrogen and oxygen atoms in total. The lowest BCUT2D eigenvalue weighted by Gasteiger charge is -2.12. The Kier molecular flexibility index (Phi) is 6.31. The first-order valence-electron chi connectivity index (χ1n) is 8.82. The van der Waals surface area contributed by atoms with Gasteiger partial charge in [-0.15, -0.1) is 0 Å². The smallest absolute Gasteiger partial charge is 0.269 e. The molecule has 0 atom stereocenters. The highest BCUT2D eigenvalue weighted by molar-refractivity contribution is 5.94. The molecular formula is C23H22N2O3. The molecule has 3 aromatic carbocycles. The maximum Gasteiger partial charge on any atom is 0.269 e. The third-order valence-electron chi connectivity index (χ3n) is 4.11. The summed E-state index contributed by atoms with van der Waals surface area (Å²) >= 11 is 0. The van der Waals surface area contributed by atoms with E-state index < -0.39 is 0 Å². The number of rotatable bonds is 8. The Morgan fingerprint density at radius 3 is 2.29 bits per heavy atom. The SMILES string of the molecule is C=C(NNC(=O)c1ccc(COc2ccccc2)cc1)c1cccc(OC)c1. The molecule has 3 rings (SSSR count). The molecule has 0 aliphatic rings. The molecule has 5 heteroatoms. The van der Waals surface area contributed by atoms with Crippen molar-refractivity contribution in [2.24, 2.45) is 0 Å². The van der Waals surface area contributed by atoms with E-state index in [1.54, 1.807) is 19.2 Å². The van der Waals surface area contributed by atoms with E-state index in [2.05, 4.69) is 17.4 Å². The minimum absolute atomic E-state index is 0.250. The fraction of sp³-hybridized carbons (Fsp3) is 0.0870. The molecule has 0 unspecified atom stereocenters. The maximum absolute atomic E-state index is 12.3. The molecule has 0 heterocycles. The molecule has 0 spiro atoms. The molecule has 2 N–H and O–H groups in total. The van der Waals surface area contributed by atoms with Crippen LogP contribution in [-0.2, 0) is 6.61 Å². The van der Waals surface area contributed by atoms with E-state index in [1.165, 1.54) is 0 Å². The van der Waals surface area contributed by atoms with E-state index in [1.807, 2.05) is 66.7 Å². The van der Waals surface area contributed by atoms with Crippen LogP contribution in [0.3, 0.4) is 0 Å². The monoisotopic (exact) mass is 374 g/mol. The van der Waals surface area contributed by atoms with Crippen LogP contribution in [0.4, 0.5) is 0 Å². The predicted octanol–water partition coefficient (Wildman–Crippen LogP) is 4.18. The molecule has 0 saturated carbocycles. The molecule has 3 aromatic rings. The van der Waals surface area contributed by atoms with Gasteiger partial charge in [-0.05, 0) is 42.0 Å². The number of carbonyl (C=O) groups excluding carboxylic acids is 1. The molecular weight excluding hydrogens is 352 g/mol. The van der Waals surface area contributed by atoms with E-state index in [9.17, 15) is 4.79 Å². The van der Waals surface area contributed by atoms with Gasteiger partial charge in [0, 0.05) is 11.1 Å². The summed E-state index contributed by atoms with van der Waals surface area (Å²) in [6.07, 6.45) is 0. The van der Waals surface area contributed by atoms with E-state index >= 15 is 0 Å². The van der Waals surface area contributed by atoms with E-state index in [0.717, 1.165) is 22.6 Å². The highest BCUT2D eigenvalue weighted by atomic mass is 16.5.